The third-order valence-corrected chi connectivity index (χ3v) is 7.73. The maximum absolute atomic E-state index is 15.5. The van der Waals surface area contributed by atoms with E-state index in [1.54, 1.807) is 30.3 Å². The number of esters is 1. The molecule has 3 aromatic carbocycles. The molecule has 41 heavy (non-hydrogen) atoms. The van der Waals surface area contributed by atoms with Gasteiger partial charge in [-0.15, -0.1) is 11.3 Å². The Labute approximate surface area is 239 Å². The van der Waals surface area contributed by atoms with E-state index >= 15 is 4.39 Å². The molecule has 11 heteroatoms. The van der Waals surface area contributed by atoms with E-state index in [1.165, 1.54) is 34.7 Å². The minimum atomic E-state index is -1.53. The molecule has 0 bridgehead atoms. The van der Waals surface area contributed by atoms with E-state index in [4.69, 9.17) is 14.5 Å². The lowest BCUT2D eigenvalue weighted by atomic mass is 9.81. The van der Waals surface area contributed by atoms with Gasteiger partial charge in [-0.3, -0.25) is 4.99 Å². The van der Waals surface area contributed by atoms with Gasteiger partial charge in [0, 0.05) is 28.5 Å². The highest BCUT2D eigenvalue weighted by Crippen LogP contribution is 2.44. The third kappa shape index (κ3) is 6.11. The van der Waals surface area contributed by atoms with Crippen LogP contribution in [0.3, 0.4) is 0 Å². The SMILES string of the molecule is C=Nc1ccc(-c2csc([C@H](C)C(Cn3cncn3)(OCOC(=O)c3ccccc3)c3ccc(F)cc3F)n2)cc1. The van der Waals surface area contributed by atoms with Gasteiger partial charge in [0.05, 0.1) is 28.5 Å². The minimum Gasteiger partial charge on any atom is -0.435 e. The van der Waals surface area contributed by atoms with E-state index < -0.39 is 35.9 Å². The zero-order valence-corrected chi connectivity index (χ0v) is 22.8. The predicted octanol–water partition coefficient (Wildman–Crippen LogP) is 6.54. The molecule has 2 heterocycles. The van der Waals surface area contributed by atoms with Crippen molar-refractivity contribution < 1.29 is 23.0 Å². The van der Waals surface area contributed by atoms with E-state index in [0.717, 1.165) is 23.4 Å². The Hall–Kier alpha value is -4.61. The van der Waals surface area contributed by atoms with Crippen LogP contribution < -0.4 is 0 Å². The number of aromatic nitrogens is 4. The van der Waals surface area contributed by atoms with Crippen LogP contribution in [-0.4, -0.2) is 39.2 Å². The number of aliphatic imine (C=N–C) groups is 1. The fourth-order valence-corrected chi connectivity index (χ4v) is 5.46. The molecular formula is C30H25F2N5O3S. The summed E-state index contributed by atoms with van der Waals surface area (Å²) in [5.41, 5.74) is 1.15. The molecule has 0 amide bonds. The Balaban J connectivity index is 1.54. The number of halogens is 2. The Kier molecular flexibility index (Phi) is 8.37. The smallest absolute Gasteiger partial charge is 0.340 e. The monoisotopic (exact) mass is 573 g/mol. The zero-order valence-electron chi connectivity index (χ0n) is 22.0. The quantitative estimate of drug-likeness (QED) is 0.101. The summed E-state index contributed by atoms with van der Waals surface area (Å²) in [6.45, 7) is 4.81. The highest BCUT2D eigenvalue weighted by Gasteiger charge is 2.45. The van der Waals surface area contributed by atoms with Gasteiger partial charge in [0.25, 0.3) is 0 Å². The first-order chi connectivity index (χ1) is 19.9. The standard InChI is InChI=1S/C30H25F2N5O3S/c1-20(28-36-27(15-41-28)21-8-11-24(33-2)12-9-21)30(16-37-18-34-17-35-37,25-13-10-23(31)14-26(25)32)40-19-39-29(38)22-6-4-3-5-7-22/h3-15,17-18,20H,2,16,19H2,1H3/t20-,30?/m0/s1. The number of thiazole rings is 1. The summed E-state index contributed by atoms with van der Waals surface area (Å²) in [7, 11) is 0. The molecule has 0 spiro atoms. The second kappa shape index (κ2) is 12.3. The largest absolute Gasteiger partial charge is 0.435 e. The van der Waals surface area contributed by atoms with Crippen LogP contribution in [0.25, 0.3) is 11.3 Å². The van der Waals surface area contributed by atoms with Gasteiger partial charge in [-0.2, -0.15) is 5.10 Å². The van der Waals surface area contributed by atoms with Crippen molar-refractivity contribution >= 4 is 29.7 Å². The highest BCUT2D eigenvalue weighted by atomic mass is 32.1. The summed E-state index contributed by atoms with van der Waals surface area (Å²) in [5, 5.41) is 6.70. The first-order valence-electron chi connectivity index (χ1n) is 12.6. The van der Waals surface area contributed by atoms with Gasteiger partial charge in [-0.25, -0.2) is 28.2 Å². The van der Waals surface area contributed by atoms with Crippen molar-refractivity contribution in [2.24, 2.45) is 4.99 Å². The first kappa shape index (κ1) is 27.9. The Morgan fingerprint density at radius 2 is 1.90 bits per heavy atom. The number of carbonyl (C=O) groups excluding carboxylic acids is 1. The molecule has 0 aliphatic rings. The average molecular weight is 574 g/mol. The van der Waals surface area contributed by atoms with Crippen molar-refractivity contribution in [1.82, 2.24) is 19.7 Å². The van der Waals surface area contributed by atoms with Gasteiger partial charge in [-0.1, -0.05) is 43.3 Å². The molecule has 0 aliphatic heterocycles. The van der Waals surface area contributed by atoms with Crippen LogP contribution in [0, 0.1) is 11.6 Å². The molecule has 5 aromatic rings. The molecule has 5 rings (SSSR count). The van der Waals surface area contributed by atoms with E-state index in [0.29, 0.717) is 16.3 Å². The maximum Gasteiger partial charge on any atom is 0.340 e. The van der Waals surface area contributed by atoms with E-state index in [2.05, 4.69) is 21.8 Å². The summed E-state index contributed by atoms with van der Waals surface area (Å²) in [6.07, 6.45) is 2.81. The van der Waals surface area contributed by atoms with E-state index in [9.17, 15) is 9.18 Å². The van der Waals surface area contributed by atoms with Gasteiger partial charge in [-0.05, 0) is 37.0 Å². The van der Waals surface area contributed by atoms with Crippen LogP contribution in [0.5, 0.6) is 0 Å². The second-order valence-electron chi connectivity index (χ2n) is 9.16. The topological polar surface area (TPSA) is 91.5 Å². The normalized spacial score (nSPS) is 13.3. The molecule has 0 saturated carbocycles. The summed E-state index contributed by atoms with van der Waals surface area (Å²) >= 11 is 1.37. The summed E-state index contributed by atoms with van der Waals surface area (Å²) in [6, 6.07) is 19.1. The Morgan fingerprint density at radius 1 is 1.12 bits per heavy atom. The van der Waals surface area contributed by atoms with Gasteiger partial charge in [0.2, 0.25) is 0 Å². The molecule has 0 aliphatic carbocycles. The lowest BCUT2D eigenvalue weighted by Crippen LogP contribution is -2.42. The van der Waals surface area contributed by atoms with Crippen LogP contribution in [0.15, 0.2) is 95.8 Å². The van der Waals surface area contributed by atoms with Crippen molar-refractivity contribution in [3.63, 3.8) is 0 Å². The van der Waals surface area contributed by atoms with Gasteiger partial charge in [0.1, 0.15) is 29.9 Å². The summed E-state index contributed by atoms with van der Waals surface area (Å²) in [4.78, 5) is 25.4. The molecule has 0 fully saturated rings. The van der Waals surface area contributed by atoms with Gasteiger partial charge >= 0.3 is 5.97 Å². The Bertz CT molecular complexity index is 1630. The average Bonchev–Trinajstić information content (AvgIpc) is 3.70. The number of nitrogens with zero attached hydrogens (tertiary/aromatic N) is 5. The van der Waals surface area contributed by atoms with Crippen LogP contribution in [0.1, 0.15) is 33.8 Å². The van der Waals surface area contributed by atoms with E-state index in [-0.39, 0.29) is 12.1 Å². The van der Waals surface area contributed by atoms with Crippen LogP contribution in [0.2, 0.25) is 0 Å². The minimum absolute atomic E-state index is 0.0335. The lowest BCUT2D eigenvalue weighted by molar-refractivity contribution is -0.148. The second-order valence-corrected chi connectivity index (χ2v) is 10.1. The van der Waals surface area contributed by atoms with Crippen molar-refractivity contribution in [2.45, 2.75) is 25.0 Å². The molecule has 208 valence electrons. The van der Waals surface area contributed by atoms with E-state index in [1.807, 2.05) is 36.6 Å². The highest BCUT2D eigenvalue weighted by molar-refractivity contribution is 7.10. The van der Waals surface area contributed by atoms with Crippen LogP contribution in [0.4, 0.5) is 14.5 Å². The molecule has 0 saturated heterocycles. The van der Waals surface area contributed by atoms with Crippen molar-refractivity contribution in [2.75, 3.05) is 6.79 Å². The number of benzene rings is 3. The van der Waals surface area contributed by atoms with Crippen molar-refractivity contribution in [3.8, 4) is 11.3 Å². The molecule has 2 atom stereocenters. The number of rotatable bonds is 11. The molecule has 1 unspecified atom stereocenters. The maximum atomic E-state index is 15.5. The predicted molar refractivity (Wildman–Crippen MR) is 151 cm³/mol. The molecule has 8 nitrogen and oxygen atoms in total. The third-order valence-electron chi connectivity index (χ3n) is 6.70. The van der Waals surface area contributed by atoms with Crippen molar-refractivity contribution in [1.29, 1.82) is 0 Å². The molecule has 0 N–H and O–H groups in total. The Morgan fingerprint density at radius 3 is 2.59 bits per heavy atom. The number of hydrogen-bond acceptors (Lipinski definition) is 8. The van der Waals surface area contributed by atoms with Gasteiger partial charge in [0.15, 0.2) is 6.79 Å². The number of hydrogen-bond donors (Lipinski definition) is 0. The molecular weight excluding hydrogens is 548 g/mol. The van der Waals surface area contributed by atoms with Crippen molar-refractivity contribution in [3.05, 3.63) is 119 Å². The fraction of sp³-hybridized carbons (Fsp3) is 0.167. The summed E-state index contributed by atoms with van der Waals surface area (Å²) in [5.74, 6) is -2.79. The molecule has 2 aromatic heterocycles. The first-order valence-corrected chi connectivity index (χ1v) is 13.4. The fourth-order valence-electron chi connectivity index (χ4n) is 4.49. The van der Waals surface area contributed by atoms with Gasteiger partial charge < -0.3 is 9.47 Å². The zero-order chi connectivity index (χ0) is 28.8. The molecule has 0 radical (unpaired) electrons. The van der Waals surface area contributed by atoms with Crippen LogP contribution in [-0.2, 0) is 21.6 Å². The number of carbonyl (C=O) groups is 1. The summed E-state index contributed by atoms with van der Waals surface area (Å²) < 4.78 is 42.8. The lowest BCUT2D eigenvalue weighted by Gasteiger charge is -2.38. The van der Waals surface area contributed by atoms with Crippen LogP contribution >= 0.6 is 11.3 Å². The number of ether oxygens (including phenoxy) is 2.